The lowest BCUT2D eigenvalue weighted by atomic mass is 10.2. The van der Waals surface area contributed by atoms with Crippen molar-refractivity contribution in [2.24, 2.45) is 0 Å². The summed E-state index contributed by atoms with van der Waals surface area (Å²) in [4.78, 5) is 21.9. The smallest absolute Gasteiger partial charge is 0.408 e. The van der Waals surface area contributed by atoms with Crippen LogP contribution in [-0.2, 0) is 14.3 Å². The van der Waals surface area contributed by atoms with Crippen LogP contribution in [0.25, 0.3) is 0 Å². The molecule has 2 N–H and O–H groups in total. The van der Waals surface area contributed by atoms with Crippen LogP contribution in [0.4, 0.5) is 4.79 Å². The van der Waals surface area contributed by atoms with Gasteiger partial charge in [-0.3, -0.25) is 0 Å². The number of aliphatic carboxylic acids is 1. The van der Waals surface area contributed by atoms with Gasteiger partial charge in [0.05, 0.1) is 6.61 Å². The summed E-state index contributed by atoms with van der Waals surface area (Å²) in [5.41, 5.74) is -0.944. The maximum absolute atomic E-state index is 11.3. The Morgan fingerprint density at radius 1 is 1.60 bits per heavy atom. The monoisotopic (exact) mass is 220 g/mol. The predicted molar refractivity (Wildman–Crippen MR) is 52.7 cm³/mol. The molecule has 0 aliphatic carbocycles. The molecular weight excluding hydrogens is 202 g/mol. The summed E-state index contributed by atoms with van der Waals surface area (Å²) in [6, 6.07) is -1.15. The van der Waals surface area contributed by atoms with Gasteiger partial charge in [-0.1, -0.05) is 0 Å². The van der Waals surface area contributed by atoms with E-state index >= 15 is 0 Å². The third-order valence-electron chi connectivity index (χ3n) is 1.29. The first-order valence-corrected chi connectivity index (χ1v) is 4.33. The van der Waals surface area contributed by atoms with Gasteiger partial charge in [0, 0.05) is 8.48 Å². The van der Waals surface area contributed by atoms with E-state index < -0.39 is 23.7 Å². The van der Waals surface area contributed by atoms with Gasteiger partial charge in [-0.15, -0.1) is 0 Å². The van der Waals surface area contributed by atoms with E-state index in [9.17, 15) is 9.59 Å². The molecule has 0 fully saturated rings. The van der Waals surface area contributed by atoms with Crippen LogP contribution >= 0.6 is 0 Å². The molecule has 88 valence electrons. The topological polar surface area (TPSA) is 84.9 Å². The van der Waals surface area contributed by atoms with Crippen molar-refractivity contribution in [1.29, 1.82) is 0 Å². The van der Waals surface area contributed by atoms with Crippen LogP contribution in [0.3, 0.4) is 0 Å². The number of hydrogen-bond acceptors (Lipinski definition) is 4. The number of carboxylic acids is 1. The molecule has 0 spiro atoms. The average molecular weight is 220 g/mol. The fourth-order valence-electron chi connectivity index (χ4n) is 0.764. The van der Waals surface area contributed by atoms with Crippen molar-refractivity contribution in [3.05, 3.63) is 0 Å². The normalized spacial score (nSPS) is 13.9. The minimum atomic E-state index is -1.21. The second-order valence-electron chi connectivity index (χ2n) is 3.64. The Balaban J connectivity index is 4.25. The molecule has 0 aromatic heterocycles. The Labute approximate surface area is 90.0 Å². The van der Waals surface area contributed by atoms with E-state index in [1.807, 2.05) is 0 Å². The number of alkyl carbamates (subject to hydrolysis) is 1. The molecule has 0 saturated heterocycles. The summed E-state index contributed by atoms with van der Waals surface area (Å²) in [6.07, 6.45) is -0.873. The Hall–Kier alpha value is -1.30. The Kier molecular flexibility index (Phi) is 4.36. The molecule has 0 aliphatic heterocycles. The SMILES string of the molecule is [2H]CC(C)(C)OC(=O)N[C@@H](COC)C(=O)O. The highest BCUT2D eigenvalue weighted by Gasteiger charge is 2.23. The van der Waals surface area contributed by atoms with Crippen molar-refractivity contribution in [2.75, 3.05) is 13.7 Å². The highest BCUT2D eigenvalue weighted by Crippen LogP contribution is 2.06. The molecule has 0 aromatic rings. The number of rotatable bonds is 4. The van der Waals surface area contributed by atoms with E-state index in [1.54, 1.807) is 13.8 Å². The van der Waals surface area contributed by atoms with E-state index in [4.69, 9.17) is 11.2 Å². The summed E-state index contributed by atoms with van der Waals surface area (Å²) in [5.74, 6) is -1.21. The molecule has 6 heteroatoms. The fraction of sp³-hybridized carbons (Fsp3) is 0.778. The zero-order valence-electron chi connectivity index (χ0n) is 10.1. The van der Waals surface area contributed by atoms with Gasteiger partial charge >= 0.3 is 12.1 Å². The molecule has 1 amide bonds. The second-order valence-corrected chi connectivity index (χ2v) is 3.64. The third kappa shape index (κ3) is 6.73. The second kappa shape index (κ2) is 5.55. The summed E-state index contributed by atoms with van der Waals surface area (Å²) < 4.78 is 16.6. The van der Waals surface area contributed by atoms with Crippen LogP contribution in [0, 0.1) is 0 Å². The molecule has 0 rings (SSSR count). The minimum Gasteiger partial charge on any atom is -0.480 e. The van der Waals surface area contributed by atoms with Gasteiger partial charge in [-0.2, -0.15) is 0 Å². The van der Waals surface area contributed by atoms with Crippen LogP contribution in [-0.4, -0.2) is 42.5 Å². The van der Waals surface area contributed by atoms with Crippen LogP contribution < -0.4 is 5.32 Å². The number of amides is 1. The third-order valence-corrected chi connectivity index (χ3v) is 1.29. The molecule has 0 radical (unpaired) electrons. The van der Waals surface area contributed by atoms with Gasteiger partial charge in [0.25, 0.3) is 0 Å². The van der Waals surface area contributed by atoms with Crippen LogP contribution in [0.15, 0.2) is 0 Å². The van der Waals surface area contributed by atoms with Gasteiger partial charge in [-0.05, 0) is 20.7 Å². The van der Waals surface area contributed by atoms with Crippen molar-refractivity contribution in [3.8, 4) is 0 Å². The molecule has 0 saturated carbocycles. The first-order chi connectivity index (χ1) is 7.32. The zero-order chi connectivity index (χ0) is 12.8. The molecule has 0 heterocycles. The maximum Gasteiger partial charge on any atom is 0.408 e. The fourth-order valence-corrected chi connectivity index (χ4v) is 0.764. The Bertz CT molecular complexity index is 256. The standard InChI is InChI=1S/C9H17NO5/c1-9(2,3)15-8(13)10-6(5-14-4)7(11)12/h6H,5H2,1-4H3,(H,10,13)(H,11,12)/t6-/m0/s1/i1D. The Morgan fingerprint density at radius 3 is 2.60 bits per heavy atom. The molecule has 0 aromatic carbocycles. The van der Waals surface area contributed by atoms with Gasteiger partial charge in [0.2, 0.25) is 0 Å². The zero-order valence-corrected chi connectivity index (χ0v) is 9.07. The largest absolute Gasteiger partial charge is 0.480 e. The molecule has 1 atom stereocenters. The van der Waals surface area contributed by atoms with Crippen molar-refractivity contribution in [2.45, 2.75) is 32.4 Å². The predicted octanol–water partition coefficient (Wildman–Crippen LogP) is 0.611. The minimum absolute atomic E-state index is 0.109. The Morgan fingerprint density at radius 2 is 2.20 bits per heavy atom. The van der Waals surface area contributed by atoms with Gasteiger partial charge < -0.3 is 19.9 Å². The van der Waals surface area contributed by atoms with Crippen molar-refractivity contribution in [3.63, 3.8) is 0 Å². The summed E-state index contributed by atoms with van der Waals surface area (Å²) in [6.45, 7) is 2.87. The van der Waals surface area contributed by atoms with E-state index in [2.05, 4.69) is 10.1 Å². The summed E-state index contributed by atoms with van der Waals surface area (Å²) >= 11 is 0. The first-order valence-electron chi connectivity index (χ1n) is 5.03. The van der Waals surface area contributed by atoms with E-state index in [0.29, 0.717) is 0 Å². The lowest BCUT2D eigenvalue weighted by molar-refractivity contribution is -0.140. The van der Waals surface area contributed by atoms with E-state index in [-0.39, 0.29) is 13.5 Å². The number of hydrogen-bond donors (Lipinski definition) is 2. The first kappa shape index (κ1) is 11.8. The number of nitrogens with one attached hydrogen (secondary N) is 1. The lowest BCUT2D eigenvalue weighted by Crippen LogP contribution is -2.45. The van der Waals surface area contributed by atoms with Crippen molar-refractivity contribution < 1.29 is 25.5 Å². The van der Waals surface area contributed by atoms with Gasteiger partial charge in [0.1, 0.15) is 5.60 Å². The lowest BCUT2D eigenvalue weighted by Gasteiger charge is -2.21. The molecule has 0 aliphatic rings. The number of ether oxygens (including phenoxy) is 2. The number of methoxy groups -OCH3 is 1. The molecule has 0 unspecified atom stereocenters. The van der Waals surface area contributed by atoms with E-state index in [0.717, 1.165) is 0 Å². The van der Waals surface area contributed by atoms with Crippen LogP contribution in [0.1, 0.15) is 22.1 Å². The summed E-state index contributed by atoms with van der Waals surface area (Å²) in [7, 11) is 1.33. The van der Waals surface area contributed by atoms with Gasteiger partial charge in [-0.25, -0.2) is 9.59 Å². The van der Waals surface area contributed by atoms with E-state index in [1.165, 1.54) is 7.11 Å². The highest BCUT2D eigenvalue weighted by atomic mass is 16.6. The van der Waals surface area contributed by atoms with Crippen molar-refractivity contribution >= 4 is 12.1 Å². The average Bonchev–Trinajstić information content (AvgIpc) is 2.16. The van der Waals surface area contributed by atoms with Crippen molar-refractivity contribution in [1.82, 2.24) is 5.32 Å². The van der Waals surface area contributed by atoms with Gasteiger partial charge in [0.15, 0.2) is 6.04 Å². The van der Waals surface area contributed by atoms with Crippen LogP contribution in [0.2, 0.25) is 0 Å². The molecule has 15 heavy (non-hydrogen) atoms. The van der Waals surface area contributed by atoms with Crippen LogP contribution in [0.5, 0.6) is 0 Å². The number of carbonyl (C=O) groups excluding carboxylic acids is 1. The maximum atomic E-state index is 11.3. The number of carbonyl (C=O) groups is 2. The number of carboxylic acid groups (broad SMARTS) is 1. The molecule has 6 nitrogen and oxygen atoms in total. The highest BCUT2D eigenvalue weighted by molar-refractivity contribution is 5.80. The molecular formula is C9H17NO5. The quantitative estimate of drug-likeness (QED) is 0.725. The molecule has 0 bridgehead atoms. The summed E-state index contributed by atoms with van der Waals surface area (Å²) in [5, 5.41) is 10.9.